The van der Waals surface area contributed by atoms with Crippen LogP contribution in [0.2, 0.25) is 0 Å². The van der Waals surface area contributed by atoms with Crippen LogP contribution in [-0.4, -0.2) is 43.1 Å². The van der Waals surface area contributed by atoms with Crippen LogP contribution < -0.4 is 19.7 Å². The molecule has 7 rings (SSSR count). The van der Waals surface area contributed by atoms with Gasteiger partial charge >= 0.3 is 25.7 Å². The average Bonchev–Trinajstić information content (AvgIpc) is 3.79. The van der Waals surface area contributed by atoms with Crippen molar-refractivity contribution >= 4 is 23.8 Å². The van der Waals surface area contributed by atoms with Gasteiger partial charge in [-0.1, -0.05) is 47.8 Å². The molecule has 50 heavy (non-hydrogen) atoms. The van der Waals surface area contributed by atoms with Crippen LogP contribution >= 0.6 is 0 Å². The first-order valence-electron chi connectivity index (χ1n) is 14.3. The third kappa shape index (κ3) is 8.28. The zero-order valence-corrected chi connectivity index (χ0v) is 27.3. The van der Waals surface area contributed by atoms with Gasteiger partial charge in [0.1, 0.15) is 17.2 Å². The Labute approximate surface area is 293 Å². The molecule has 0 radical (unpaired) electrons. The first-order chi connectivity index (χ1) is 23.7. The number of benzene rings is 1. The van der Waals surface area contributed by atoms with E-state index in [-0.39, 0.29) is 25.2 Å². The first kappa shape index (κ1) is 35.2. The Morgan fingerprint density at radius 1 is 0.640 bits per heavy atom. The number of nitrogens with zero attached hydrogens (tertiary/aromatic N) is 8. The first-order valence-corrected chi connectivity index (χ1v) is 14.3. The number of aryl methyl sites for hydroxylation is 1. The molecule has 0 saturated carbocycles. The standard InChI is InChI=1S/C21H13N3O4.C13H8F3N5.Ru/c25-12-27-15-7-8-22-19(9-15)21-11-16(28-13-26)10-20(24-21)18-6-5-14-3-1-2-4-17(14)23-18;1-7-5-10(19-18-7)8-3-2-4-9(17-8)11-6-12(21-20-11)13(14,15)16;/h1-13H;2-6H,1H3;/q;-2;+2. The molecule has 0 atom stereocenters. The molecule has 0 aliphatic carbocycles. The fraction of sp³-hybridized carbons (Fsp3) is 0.0588. The van der Waals surface area contributed by atoms with E-state index in [1.807, 2.05) is 36.4 Å². The zero-order chi connectivity index (χ0) is 34.4. The van der Waals surface area contributed by atoms with Crippen molar-refractivity contribution in [1.29, 1.82) is 0 Å². The number of pyridine rings is 4. The molecule has 0 saturated heterocycles. The minimum Gasteiger partial charge on any atom is -0.574 e. The molecule has 12 nitrogen and oxygen atoms in total. The van der Waals surface area contributed by atoms with Crippen molar-refractivity contribution < 1.29 is 51.7 Å². The second-order valence-electron chi connectivity index (χ2n) is 10.2. The van der Waals surface area contributed by atoms with Gasteiger partial charge < -0.3 is 29.9 Å². The summed E-state index contributed by atoms with van der Waals surface area (Å²) in [4.78, 5) is 39.2. The number of ether oxygens (including phenoxy) is 2. The summed E-state index contributed by atoms with van der Waals surface area (Å²) in [6.07, 6.45) is -3.02. The predicted octanol–water partition coefficient (Wildman–Crippen LogP) is 5.87. The number of carbonyl (C=O) groups is 2. The van der Waals surface area contributed by atoms with E-state index in [0.717, 1.165) is 22.7 Å². The summed E-state index contributed by atoms with van der Waals surface area (Å²) in [5.41, 5.74) is 4.02. The molecule has 1 aromatic carbocycles. The van der Waals surface area contributed by atoms with Gasteiger partial charge in [0.25, 0.3) is 12.9 Å². The number of rotatable bonds is 8. The molecule has 0 bridgehead atoms. The molecule has 0 fully saturated rings. The molecule has 0 amide bonds. The van der Waals surface area contributed by atoms with E-state index in [4.69, 9.17) is 9.47 Å². The van der Waals surface area contributed by atoms with E-state index in [1.54, 1.807) is 55.5 Å². The fourth-order valence-corrected chi connectivity index (χ4v) is 4.57. The Hall–Kier alpha value is -6.15. The summed E-state index contributed by atoms with van der Waals surface area (Å²) in [6, 6.07) is 25.4. The molecule has 0 spiro atoms. The number of alkyl halides is 3. The van der Waals surface area contributed by atoms with Gasteiger partial charge in [0.05, 0.1) is 39.7 Å². The normalized spacial score (nSPS) is 10.8. The van der Waals surface area contributed by atoms with Crippen molar-refractivity contribution in [3.05, 3.63) is 109 Å². The van der Waals surface area contributed by atoms with Gasteiger partial charge in [-0.3, -0.25) is 19.6 Å². The van der Waals surface area contributed by atoms with Crippen molar-refractivity contribution in [3.63, 3.8) is 0 Å². The third-order valence-electron chi connectivity index (χ3n) is 6.79. The maximum atomic E-state index is 12.5. The van der Waals surface area contributed by atoms with E-state index in [2.05, 4.69) is 40.3 Å². The van der Waals surface area contributed by atoms with Crippen LogP contribution in [0, 0.1) is 6.92 Å². The minimum absolute atomic E-state index is 0. The SMILES string of the molecule is Cc1cc(-c2cccc(-c3cc(C(F)(F)F)n[n-]3)n2)[n-]n1.O=COc1ccnc(-c2cc(OC=O)cc(-c3ccc4ccccc4n3)n2)c1.[Ru+2]. The van der Waals surface area contributed by atoms with Gasteiger partial charge in [0.15, 0.2) is 0 Å². The van der Waals surface area contributed by atoms with Crippen molar-refractivity contribution in [1.82, 2.24) is 40.3 Å². The summed E-state index contributed by atoms with van der Waals surface area (Å²) in [7, 11) is 0. The Morgan fingerprint density at radius 2 is 1.28 bits per heavy atom. The molecular formula is C34H21F3N8O4Ru. The van der Waals surface area contributed by atoms with E-state index in [9.17, 15) is 22.8 Å². The second kappa shape index (κ2) is 15.4. The van der Waals surface area contributed by atoms with Crippen LogP contribution in [0.4, 0.5) is 13.2 Å². The van der Waals surface area contributed by atoms with Gasteiger partial charge in [0, 0.05) is 35.5 Å². The molecule has 0 aliphatic heterocycles. The van der Waals surface area contributed by atoms with Crippen molar-refractivity contribution in [3.8, 4) is 57.1 Å². The van der Waals surface area contributed by atoms with E-state index >= 15 is 0 Å². The fourth-order valence-electron chi connectivity index (χ4n) is 4.57. The average molecular weight is 764 g/mol. The number of aromatic nitrogens is 8. The maximum absolute atomic E-state index is 12.5. The molecule has 250 valence electrons. The van der Waals surface area contributed by atoms with E-state index in [1.165, 1.54) is 6.20 Å². The monoisotopic (exact) mass is 764 g/mol. The van der Waals surface area contributed by atoms with E-state index < -0.39 is 11.9 Å². The molecule has 0 unspecified atom stereocenters. The van der Waals surface area contributed by atoms with Crippen LogP contribution in [0.5, 0.6) is 11.5 Å². The Bertz CT molecular complexity index is 2280. The van der Waals surface area contributed by atoms with Gasteiger partial charge in [-0.2, -0.15) is 13.2 Å². The van der Waals surface area contributed by atoms with Crippen molar-refractivity contribution in [2.75, 3.05) is 0 Å². The second-order valence-corrected chi connectivity index (χ2v) is 10.2. The summed E-state index contributed by atoms with van der Waals surface area (Å²) < 4.78 is 47.5. The Balaban J connectivity index is 0.000000198. The van der Waals surface area contributed by atoms with Crippen LogP contribution in [0.25, 0.3) is 56.5 Å². The minimum atomic E-state index is -4.52. The topological polar surface area (TPSA) is 158 Å². The quantitative estimate of drug-likeness (QED) is 0.134. The summed E-state index contributed by atoms with van der Waals surface area (Å²) in [6.45, 7) is 2.47. The van der Waals surface area contributed by atoms with Gasteiger partial charge in [-0.25, -0.2) is 9.97 Å². The van der Waals surface area contributed by atoms with E-state index in [0.29, 0.717) is 64.3 Å². The maximum Gasteiger partial charge on any atom is 2.00 e. The Morgan fingerprint density at radius 3 is 1.96 bits per heavy atom. The number of fused-ring (bicyclic) bond motifs is 1. The molecule has 7 aromatic rings. The summed E-state index contributed by atoms with van der Waals surface area (Å²) >= 11 is 0. The molecule has 16 heteroatoms. The van der Waals surface area contributed by atoms with Crippen LogP contribution in [0.15, 0.2) is 97.2 Å². The summed E-state index contributed by atoms with van der Waals surface area (Å²) in [5, 5.41) is 15.5. The molecule has 6 aromatic heterocycles. The predicted molar refractivity (Wildman–Crippen MR) is 169 cm³/mol. The van der Waals surface area contributed by atoms with Crippen LogP contribution in [-0.2, 0) is 35.2 Å². The number of para-hydroxylation sites is 1. The number of halogens is 3. The summed E-state index contributed by atoms with van der Waals surface area (Å²) in [5.74, 6) is 0.627. The van der Waals surface area contributed by atoms with Crippen LogP contribution in [0.1, 0.15) is 11.4 Å². The molecule has 6 heterocycles. The Kier molecular flexibility index (Phi) is 10.8. The number of hydrogen-bond acceptors (Lipinski definition) is 10. The van der Waals surface area contributed by atoms with Crippen molar-refractivity contribution in [2.45, 2.75) is 13.1 Å². The molecule has 0 N–H and O–H groups in total. The number of carbonyl (C=O) groups excluding carboxylic acids is 2. The van der Waals surface area contributed by atoms with Gasteiger partial charge in [-0.05, 0) is 43.3 Å². The molecular weight excluding hydrogens is 742 g/mol. The number of hydrogen-bond donors (Lipinski definition) is 0. The van der Waals surface area contributed by atoms with Crippen LogP contribution in [0.3, 0.4) is 0 Å². The van der Waals surface area contributed by atoms with Crippen molar-refractivity contribution in [2.24, 2.45) is 0 Å². The largest absolute Gasteiger partial charge is 2.00 e. The van der Waals surface area contributed by atoms with Gasteiger partial charge in [-0.15, -0.1) is 0 Å². The zero-order valence-electron chi connectivity index (χ0n) is 25.6. The van der Waals surface area contributed by atoms with Gasteiger partial charge in [0.2, 0.25) is 0 Å². The molecule has 0 aliphatic rings. The third-order valence-corrected chi connectivity index (χ3v) is 6.79. The smallest absolute Gasteiger partial charge is 0.574 e.